The van der Waals surface area contributed by atoms with E-state index >= 15 is 0 Å². The third kappa shape index (κ3) is 4.09. The molecule has 6 heteroatoms. The van der Waals surface area contributed by atoms with Crippen LogP contribution < -0.4 is 4.90 Å². The highest BCUT2D eigenvalue weighted by molar-refractivity contribution is 5.68. The number of carbonyl (C=O) groups excluding carboxylic acids is 1. The molecular formula is C15H20N4O2. The van der Waals surface area contributed by atoms with Crippen LogP contribution in [-0.4, -0.2) is 53.0 Å². The first-order valence-electron chi connectivity index (χ1n) is 6.92. The third-order valence-corrected chi connectivity index (χ3v) is 3.05. The molecule has 0 radical (unpaired) electrons. The molecule has 1 aliphatic heterocycles. The van der Waals surface area contributed by atoms with E-state index in [0.29, 0.717) is 31.9 Å². The molecule has 0 N–H and O–H groups in total. The fraction of sp³-hybridized carbons (Fsp3) is 0.533. The monoisotopic (exact) mass is 288 g/mol. The number of ether oxygens (including phenoxy) is 1. The lowest BCUT2D eigenvalue weighted by Gasteiger charge is -2.35. The quantitative estimate of drug-likeness (QED) is 0.733. The zero-order valence-electron chi connectivity index (χ0n) is 12.7. The topological polar surface area (TPSA) is 58.6 Å². The largest absolute Gasteiger partial charge is 0.444 e. The molecule has 1 fully saturated rings. The summed E-state index contributed by atoms with van der Waals surface area (Å²) >= 11 is 0. The Morgan fingerprint density at radius 2 is 1.90 bits per heavy atom. The molecule has 0 bridgehead atoms. The fourth-order valence-electron chi connectivity index (χ4n) is 2.02. The Labute approximate surface area is 125 Å². The minimum absolute atomic E-state index is 0.268. The van der Waals surface area contributed by atoms with Crippen molar-refractivity contribution >= 4 is 11.9 Å². The van der Waals surface area contributed by atoms with Gasteiger partial charge in [0.25, 0.3) is 0 Å². The smallest absolute Gasteiger partial charge is 0.410 e. The third-order valence-electron chi connectivity index (χ3n) is 3.05. The summed E-state index contributed by atoms with van der Waals surface area (Å²) in [7, 11) is 0. The van der Waals surface area contributed by atoms with Gasteiger partial charge in [0.05, 0.1) is 0 Å². The van der Waals surface area contributed by atoms with Crippen molar-refractivity contribution in [2.24, 2.45) is 0 Å². The maximum absolute atomic E-state index is 12.0. The molecule has 0 spiro atoms. The number of terminal acetylenes is 1. The summed E-state index contributed by atoms with van der Waals surface area (Å²) in [5.41, 5.74) is 0.0521. The van der Waals surface area contributed by atoms with Crippen molar-refractivity contribution in [2.45, 2.75) is 26.4 Å². The molecule has 1 aromatic rings. The van der Waals surface area contributed by atoms with Crippen LogP contribution in [0.1, 0.15) is 26.5 Å². The summed E-state index contributed by atoms with van der Waals surface area (Å²) in [6.45, 7) is 8.20. The number of nitrogens with zero attached hydrogens (tertiary/aromatic N) is 4. The number of carbonyl (C=O) groups is 1. The number of rotatable bonds is 1. The van der Waals surface area contributed by atoms with Crippen molar-refractivity contribution in [1.29, 1.82) is 0 Å². The van der Waals surface area contributed by atoms with Crippen molar-refractivity contribution in [2.75, 3.05) is 31.1 Å². The molecule has 1 aromatic heterocycles. The van der Waals surface area contributed by atoms with Crippen molar-refractivity contribution in [3.8, 4) is 12.3 Å². The molecule has 2 heterocycles. The van der Waals surface area contributed by atoms with Crippen LogP contribution in [0.4, 0.5) is 10.6 Å². The lowest BCUT2D eigenvalue weighted by molar-refractivity contribution is 0.0240. The van der Waals surface area contributed by atoms with Crippen LogP contribution in [0.2, 0.25) is 0 Å². The maximum atomic E-state index is 12.0. The van der Waals surface area contributed by atoms with Crippen LogP contribution >= 0.6 is 0 Å². The van der Waals surface area contributed by atoms with E-state index in [4.69, 9.17) is 11.2 Å². The second-order valence-electron chi connectivity index (χ2n) is 5.88. The second-order valence-corrected chi connectivity index (χ2v) is 5.88. The number of amides is 1. The number of anilines is 1. The van der Waals surface area contributed by atoms with Crippen LogP contribution in [0.15, 0.2) is 12.1 Å². The highest BCUT2D eigenvalue weighted by Crippen LogP contribution is 2.15. The van der Waals surface area contributed by atoms with Gasteiger partial charge in [-0.2, -0.15) is 0 Å². The molecular weight excluding hydrogens is 268 g/mol. The molecule has 1 amide bonds. The van der Waals surface area contributed by atoms with Gasteiger partial charge in [-0.15, -0.1) is 16.6 Å². The van der Waals surface area contributed by atoms with Gasteiger partial charge >= 0.3 is 6.09 Å². The summed E-state index contributed by atoms with van der Waals surface area (Å²) in [5.74, 6) is 3.22. The zero-order chi connectivity index (χ0) is 15.5. The number of hydrogen-bond donors (Lipinski definition) is 0. The number of hydrogen-bond acceptors (Lipinski definition) is 5. The van der Waals surface area contributed by atoms with E-state index in [0.717, 1.165) is 5.82 Å². The standard InChI is InChI=1S/C15H20N4O2/c1-5-12-6-7-13(17-16-12)18-8-10-19(11-9-18)14(20)21-15(2,3)4/h1,6-7H,8-11H2,2-4H3. The SMILES string of the molecule is C#Cc1ccc(N2CCN(C(=O)OC(C)(C)C)CC2)nn1. The highest BCUT2D eigenvalue weighted by atomic mass is 16.6. The molecule has 1 saturated heterocycles. The molecule has 0 unspecified atom stereocenters. The minimum Gasteiger partial charge on any atom is -0.444 e. The van der Waals surface area contributed by atoms with E-state index in [1.54, 1.807) is 11.0 Å². The molecule has 2 rings (SSSR count). The lowest BCUT2D eigenvalue weighted by atomic mass is 10.2. The van der Waals surface area contributed by atoms with Gasteiger partial charge in [0.15, 0.2) is 5.82 Å². The number of piperazine rings is 1. The van der Waals surface area contributed by atoms with Crippen molar-refractivity contribution in [3.63, 3.8) is 0 Å². The van der Waals surface area contributed by atoms with E-state index in [1.165, 1.54) is 0 Å². The van der Waals surface area contributed by atoms with Crippen LogP contribution in [0.3, 0.4) is 0 Å². The van der Waals surface area contributed by atoms with Gasteiger partial charge in [0.1, 0.15) is 11.3 Å². The Hall–Kier alpha value is -2.29. The normalized spacial score (nSPS) is 15.5. The van der Waals surface area contributed by atoms with E-state index in [2.05, 4.69) is 21.0 Å². The van der Waals surface area contributed by atoms with E-state index in [1.807, 2.05) is 26.8 Å². The Balaban J connectivity index is 1.91. The van der Waals surface area contributed by atoms with E-state index in [-0.39, 0.29) is 6.09 Å². The van der Waals surface area contributed by atoms with Crippen LogP contribution in [0.5, 0.6) is 0 Å². The van der Waals surface area contributed by atoms with Crippen LogP contribution in [0.25, 0.3) is 0 Å². The van der Waals surface area contributed by atoms with Gasteiger partial charge in [0, 0.05) is 26.2 Å². The van der Waals surface area contributed by atoms with Crippen molar-refractivity contribution in [3.05, 3.63) is 17.8 Å². The molecule has 6 nitrogen and oxygen atoms in total. The van der Waals surface area contributed by atoms with E-state index in [9.17, 15) is 4.79 Å². The summed E-state index contributed by atoms with van der Waals surface area (Å²) in [4.78, 5) is 15.8. The molecule has 0 aliphatic carbocycles. The summed E-state index contributed by atoms with van der Waals surface area (Å²) in [6, 6.07) is 3.62. The van der Waals surface area contributed by atoms with Gasteiger partial charge in [-0.05, 0) is 38.8 Å². The molecule has 0 atom stereocenters. The van der Waals surface area contributed by atoms with Gasteiger partial charge in [-0.25, -0.2) is 4.79 Å². The average molecular weight is 288 g/mol. The van der Waals surface area contributed by atoms with Crippen LogP contribution in [-0.2, 0) is 4.74 Å². The maximum Gasteiger partial charge on any atom is 0.410 e. The number of aromatic nitrogens is 2. The van der Waals surface area contributed by atoms with Gasteiger partial charge in [-0.1, -0.05) is 0 Å². The van der Waals surface area contributed by atoms with E-state index < -0.39 is 5.60 Å². The Kier molecular flexibility index (Phi) is 4.32. The second kappa shape index (κ2) is 6.00. The summed E-state index contributed by atoms with van der Waals surface area (Å²) in [5, 5.41) is 8.04. The van der Waals surface area contributed by atoms with Crippen molar-refractivity contribution < 1.29 is 9.53 Å². The summed E-state index contributed by atoms with van der Waals surface area (Å²) in [6.07, 6.45) is 4.99. The Bertz CT molecular complexity index is 534. The van der Waals surface area contributed by atoms with Gasteiger partial charge in [-0.3, -0.25) is 0 Å². The zero-order valence-corrected chi connectivity index (χ0v) is 12.7. The average Bonchev–Trinajstić information content (AvgIpc) is 2.46. The van der Waals surface area contributed by atoms with Crippen molar-refractivity contribution in [1.82, 2.24) is 15.1 Å². The lowest BCUT2D eigenvalue weighted by Crippen LogP contribution is -2.50. The molecule has 1 aliphatic rings. The first-order chi connectivity index (χ1) is 9.89. The molecule has 112 valence electrons. The summed E-state index contributed by atoms with van der Waals surface area (Å²) < 4.78 is 5.37. The van der Waals surface area contributed by atoms with Gasteiger partial charge < -0.3 is 14.5 Å². The fourth-order valence-corrected chi connectivity index (χ4v) is 2.02. The first kappa shape index (κ1) is 15.1. The van der Waals surface area contributed by atoms with Gasteiger partial charge in [0.2, 0.25) is 0 Å². The molecule has 21 heavy (non-hydrogen) atoms. The molecule has 0 aromatic carbocycles. The van der Waals surface area contributed by atoms with Crippen LogP contribution in [0, 0.1) is 12.3 Å². The molecule has 0 saturated carbocycles. The Morgan fingerprint density at radius 1 is 1.24 bits per heavy atom. The predicted molar refractivity (Wildman–Crippen MR) is 80.0 cm³/mol. The first-order valence-corrected chi connectivity index (χ1v) is 6.92. The minimum atomic E-state index is -0.468. The highest BCUT2D eigenvalue weighted by Gasteiger charge is 2.26. The predicted octanol–water partition coefficient (Wildman–Crippen LogP) is 1.51. The Morgan fingerprint density at radius 3 is 2.38 bits per heavy atom.